The fourth-order valence-electron chi connectivity index (χ4n) is 2.03. The molecular weight excluding hydrogens is 345 g/mol. The topological polar surface area (TPSA) is 55.3 Å². The van der Waals surface area contributed by atoms with Crippen LogP contribution >= 0.6 is 27.5 Å². The van der Waals surface area contributed by atoms with Gasteiger partial charge in [-0.2, -0.15) is 0 Å². The fourth-order valence-corrected chi connectivity index (χ4v) is 2.62. The molecule has 6 heteroatoms. The minimum Gasteiger partial charge on any atom is -0.397 e. The molecule has 0 fully saturated rings. The average molecular weight is 359 g/mol. The molecule has 0 bridgehead atoms. The molecule has 0 radical (unpaired) electrons. The van der Waals surface area contributed by atoms with Gasteiger partial charge in [-0.3, -0.25) is 0 Å². The van der Waals surface area contributed by atoms with E-state index in [1.807, 2.05) is 24.3 Å². The molecule has 0 aliphatic carbocycles. The maximum atomic E-state index is 14.2. The highest BCUT2D eigenvalue weighted by atomic mass is 79.9. The molecule has 4 N–H and O–H groups in total. The minimum absolute atomic E-state index is 0.102. The van der Waals surface area contributed by atoms with Gasteiger partial charge in [0.2, 0.25) is 0 Å². The van der Waals surface area contributed by atoms with Crippen LogP contribution in [0.15, 0.2) is 34.8 Å². The van der Waals surface area contributed by atoms with Gasteiger partial charge in [0, 0.05) is 18.1 Å². The Morgan fingerprint density at radius 2 is 1.95 bits per heavy atom. The molecule has 2 rings (SSSR count). The zero-order valence-corrected chi connectivity index (χ0v) is 13.2. The van der Waals surface area contributed by atoms with E-state index < -0.39 is 5.82 Å². The fraction of sp³-hybridized carbons (Fsp3) is 0.143. The highest BCUT2D eigenvalue weighted by Crippen LogP contribution is 2.36. The van der Waals surface area contributed by atoms with Gasteiger partial charge in [-0.05, 0) is 23.8 Å². The Balaban J connectivity index is 2.34. The van der Waals surface area contributed by atoms with E-state index in [9.17, 15) is 4.39 Å². The van der Waals surface area contributed by atoms with E-state index >= 15 is 0 Å². The molecule has 0 spiro atoms. The van der Waals surface area contributed by atoms with Gasteiger partial charge in [-0.1, -0.05) is 39.7 Å². The van der Waals surface area contributed by atoms with Crippen molar-refractivity contribution >= 4 is 44.6 Å². The second-order valence-electron chi connectivity index (χ2n) is 4.52. The lowest BCUT2D eigenvalue weighted by molar-refractivity contribution is 0.624. The van der Waals surface area contributed by atoms with Crippen LogP contribution in [0.1, 0.15) is 5.56 Å². The second-order valence-corrected chi connectivity index (χ2v) is 5.81. The van der Waals surface area contributed by atoms with Crippen molar-refractivity contribution in [3.05, 3.63) is 51.2 Å². The number of nitrogen functional groups attached to an aromatic ring is 2. The van der Waals surface area contributed by atoms with E-state index in [1.165, 1.54) is 6.07 Å². The van der Waals surface area contributed by atoms with Crippen LogP contribution in [0.2, 0.25) is 5.02 Å². The van der Waals surface area contributed by atoms with E-state index in [1.54, 1.807) is 11.9 Å². The van der Waals surface area contributed by atoms with Gasteiger partial charge in [0.1, 0.15) is 5.02 Å². The number of hydrogen-bond acceptors (Lipinski definition) is 3. The summed E-state index contributed by atoms with van der Waals surface area (Å²) in [5, 5.41) is -0.102. The van der Waals surface area contributed by atoms with E-state index in [-0.39, 0.29) is 22.1 Å². The quantitative estimate of drug-likeness (QED) is 0.814. The van der Waals surface area contributed by atoms with Gasteiger partial charge in [0.25, 0.3) is 0 Å². The molecule has 0 aliphatic rings. The molecule has 0 unspecified atom stereocenters. The maximum absolute atomic E-state index is 14.2. The zero-order chi connectivity index (χ0) is 14.9. The van der Waals surface area contributed by atoms with Crippen molar-refractivity contribution in [2.45, 2.75) is 6.54 Å². The first-order valence-corrected chi connectivity index (χ1v) is 7.05. The lowest BCUT2D eigenvalue weighted by Gasteiger charge is -2.23. The van der Waals surface area contributed by atoms with Crippen LogP contribution in [-0.4, -0.2) is 7.05 Å². The van der Waals surface area contributed by atoms with Gasteiger partial charge in [0.15, 0.2) is 5.82 Å². The first-order valence-electron chi connectivity index (χ1n) is 5.88. The predicted octanol–water partition coefficient (Wildman–Crippen LogP) is 4.04. The van der Waals surface area contributed by atoms with E-state index in [0.717, 1.165) is 10.0 Å². The number of anilines is 3. The second kappa shape index (κ2) is 5.89. The van der Waals surface area contributed by atoms with Gasteiger partial charge < -0.3 is 16.4 Å². The maximum Gasteiger partial charge on any atom is 0.169 e. The Kier molecular flexibility index (Phi) is 4.40. The number of rotatable bonds is 3. The number of benzene rings is 2. The predicted molar refractivity (Wildman–Crippen MR) is 86.5 cm³/mol. The monoisotopic (exact) mass is 357 g/mol. The molecule has 2 aromatic rings. The Morgan fingerprint density at radius 3 is 2.60 bits per heavy atom. The third-order valence-electron chi connectivity index (χ3n) is 2.93. The highest BCUT2D eigenvalue weighted by Gasteiger charge is 2.17. The summed E-state index contributed by atoms with van der Waals surface area (Å²) < 4.78 is 15.2. The third kappa shape index (κ3) is 2.99. The van der Waals surface area contributed by atoms with Crippen LogP contribution < -0.4 is 16.4 Å². The summed E-state index contributed by atoms with van der Waals surface area (Å²) in [7, 11) is 1.75. The van der Waals surface area contributed by atoms with Crippen molar-refractivity contribution in [1.29, 1.82) is 0 Å². The van der Waals surface area contributed by atoms with Crippen LogP contribution in [0, 0.1) is 5.82 Å². The summed E-state index contributed by atoms with van der Waals surface area (Å²) in [4.78, 5) is 1.71. The first-order chi connectivity index (χ1) is 9.40. The largest absolute Gasteiger partial charge is 0.397 e. The Bertz CT molecular complexity index is 649. The summed E-state index contributed by atoms with van der Waals surface area (Å²) in [6.07, 6.45) is 0. The molecule has 3 nitrogen and oxygen atoms in total. The molecule has 0 heterocycles. The van der Waals surface area contributed by atoms with Gasteiger partial charge in [0.05, 0.1) is 17.1 Å². The van der Waals surface area contributed by atoms with Crippen LogP contribution in [-0.2, 0) is 6.54 Å². The minimum atomic E-state index is -0.596. The van der Waals surface area contributed by atoms with Crippen molar-refractivity contribution in [3.8, 4) is 0 Å². The lowest BCUT2D eigenvalue weighted by Crippen LogP contribution is -2.19. The van der Waals surface area contributed by atoms with Gasteiger partial charge in [-0.15, -0.1) is 0 Å². The van der Waals surface area contributed by atoms with Crippen LogP contribution in [0.5, 0.6) is 0 Å². The molecular formula is C14H14BrClFN3. The smallest absolute Gasteiger partial charge is 0.169 e. The summed E-state index contributed by atoms with van der Waals surface area (Å²) in [5.41, 5.74) is 13.1. The Hall–Kier alpha value is -1.46. The van der Waals surface area contributed by atoms with Crippen molar-refractivity contribution in [2.24, 2.45) is 0 Å². The zero-order valence-electron chi connectivity index (χ0n) is 10.8. The molecule has 2 aromatic carbocycles. The number of halogens is 3. The average Bonchev–Trinajstić information content (AvgIpc) is 2.36. The van der Waals surface area contributed by atoms with Gasteiger partial charge >= 0.3 is 0 Å². The summed E-state index contributed by atoms with van der Waals surface area (Å²) >= 11 is 9.24. The Labute approximate surface area is 130 Å². The molecule has 0 amide bonds. The van der Waals surface area contributed by atoms with Crippen LogP contribution in [0.3, 0.4) is 0 Å². The standard InChI is InChI=1S/C14H14BrClFN3/c1-20(7-8-3-2-4-9(15)5-8)14-11(19)6-10(18)12(16)13(14)17/h2-6H,7,18-19H2,1H3. The molecule has 0 aliphatic heterocycles. The lowest BCUT2D eigenvalue weighted by atomic mass is 10.1. The van der Waals surface area contributed by atoms with E-state index in [4.69, 9.17) is 23.1 Å². The summed E-state index contributed by atoms with van der Waals surface area (Å²) in [5.74, 6) is -0.596. The van der Waals surface area contributed by atoms with E-state index in [0.29, 0.717) is 6.54 Å². The van der Waals surface area contributed by atoms with Crippen molar-refractivity contribution in [2.75, 3.05) is 23.4 Å². The highest BCUT2D eigenvalue weighted by molar-refractivity contribution is 9.10. The molecule has 0 atom stereocenters. The number of nitrogens with two attached hydrogens (primary N) is 2. The molecule has 0 aromatic heterocycles. The number of hydrogen-bond donors (Lipinski definition) is 2. The normalized spacial score (nSPS) is 10.6. The van der Waals surface area contributed by atoms with E-state index in [2.05, 4.69) is 15.9 Å². The number of nitrogens with zero attached hydrogens (tertiary/aromatic N) is 1. The Morgan fingerprint density at radius 1 is 1.25 bits per heavy atom. The van der Waals surface area contributed by atoms with Crippen molar-refractivity contribution in [1.82, 2.24) is 0 Å². The molecule has 0 saturated heterocycles. The third-order valence-corrected chi connectivity index (χ3v) is 3.81. The SMILES string of the molecule is CN(Cc1cccc(Br)c1)c1c(N)cc(N)c(Cl)c1F. The van der Waals surface area contributed by atoms with Crippen LogP contribution in [0.4, 0.5) is 21.5 Å². The van der Waals surface area contributed by atoms with Crippen molar-refractivity contribution < 1.29 is 4.39 Å². The van der Waals surface area contributed by atoms with Crippen LogP contribution in [0.25, 0.3) is 0 Å². The molecule has 0 saturated carbocycles. The van der Waals surface area contributed by atoms with Crippen molar-refractivity contribution in [3.63, 3.8) is 0 Å². The molecule has 20 heavy (non-hydrogen) atoms. The summed E-state index contributed by atoms with van der Waals surface area (Å²) in [6, 6.07) is 9.23. The summed E-state index contributed by atoms with van der Waals surface area (Å²) in [6.45, 7) is 0.501. The van der Waals surface area contributed by atoms with Gasteiger partial charge in [-0.25, -0.2) is 4.39 Å². The molecule has 106 valence electrons. The first kappa shape index (κ1) is 14.9.